The van der Waals surface area contributed by atoms with Crippen molar-refractivity contribution in [3.63, 3.8) is 0 Å². The molecule has 5 nitrogen and oxygen atoms in total. The van der Waals surface area contributed by atoms with Gasteiger partial charge in [-0.15, -0.1) is 11.3 Å². The number of hydrogen-bond acceptors (Lipinski definition) is 4. The maximum absolute atomic E-state index is 12.2. The van der Waals surface area contributed by atoms with Gasteiger partial charge >= 0.3 is 6.18 Å². The zero-order valence-electron chi connectivity index (χ0n) is 14.6. The molecule has 0 unspecified atom stereocenters. The number of alkyl halides is 3. The van der Waals surface area contributed by atoms with Crippen molar-refractivity contribution in [2.45, 2.75) is 26.1 Å². The maximum Gasteiger partial charge on any atom is 0.422 e. The lowest BCUT2D eigenvalue weighted by Crippen LogP contribution is -2.37. The monoisotopic (exact) mass is 386 g/mol. The topological polar surface area (TPSA) is 58.5 Å². The Bertz CT molecular complexity index is 731. The fraction of sp³-hybridized carbons (Fsp3) is 0.412. The molecule has 0 saturated carbocycles. The van der Waals surface area contributed by atoms with Gasteiger partial charge < -0.3 is 15.4 Å². The summed E-state index contributed by atoms with van der Waals surface area (Å²) in [6.45, 7) is 1.81. The van der Waals surface area contributed by atoms with Crippen molar-refractivity contribution in [2.24, 2.45) is 4.99 Å². The number of rotatable bonds is 7. The molecule has 0 atom stereocenters. The first-order valence-corrected chi connectivity index (χ1v) is 8.81. The molecule has 0 aliphatic carbocycles. The van der Waals surface area contributed by atoms with Gasteiger partial charge in [0.15, 0.2) is 12.6 Å². The number of benzene rings is 1. The fourth-order valence-corrected chi connectivity index (χ4v) is 2.91. The number of halogens is 3. The molecule has 1 aromatic heterocycles. The van der Waals surface area contributed by atoms with Crippen molar-refractivity contribution in [1.82, 2.24) is 15.6 Å². The van der Waals surface area contributed by atoms with Gasteiger partial charge in [0.25, 0.3) is 0 Å². The molecule has 9 heteroatoms. The van der Waals surface area contributed by atoms with Crippen molar-refractivity contribution in [2.75, 3.05) is 20.2 Å². The molecule has 0 spiro atoms. The summed E-state index contributed by atoms with van der Waals surface area (Å²) in [5.41, 5.74) is 0.795. The van der Waals surface area contributed by atoms with E-state index in [-0.39, 0.29) is 5.75 Å². The van der Waals surface area contributed by atoms with Crippen LogP contribution < -0.4 is 15.4 Å². The lowest BCUT2D eigenvalue weighted by Gasteiger charge is -2.13. The molecule has 0 saturated heterocycles. The van der Waals surface area contributed by atoms with E-state index < -0.39 is 12.8 Å². The van der Waals surface area contributed by atoms with Crippen molar-refractivity contribution in [3.05, 3.63) is 45.9 Å². The molecule has 2 rings (SSSR count). The van der Waals surface area contributed by atoms with Crippen LogP contribution >= 0.6 is 11.3 Å². The lowest BCUT2D eigenvalue weighted by atomic mass is 10.2. The Labute approximate surface area is 154 Å². The number of hydrogen-bond donors (Lipinski definition) is 2. The van der Waals surface area contributed by atoms with Crippen LogP contribution in [0.4, 0.5) is 13.2 Å². The van der Waals surface area contributed by atoms with Gasteiger partial charge in [-0.25, -0.2) is 4.98 Å². The predicted octanol–water partition coefficient (Wildman–Crippen LogP) is 3.30. The second-order valence-corrected chi connectivity index (χ2v) is 6.84. The molecule has 142 valence electrons. The van der Waals surface area contributed by atoms with Crippen LogP contribution in [-0.4, -0.2) is 37.3 Å². The summed E-state index contributed by atoms with van der Waals surface area (Å²) in [5.74, 6) is 0.795. The van der Waals surface area contributed by atoms with E-state index in [1.165, 1.54) is 10.9 Å². The van der Waals surface area contributed by atoms with Gasteiger partial charge in [-0.05, 0) is 24.6 Å². The summed E-state index contributed by atoms with van der Waals surface area (Å²) in [4.78, 5) is 9.60. The van der Waals surface area contributed by atoms with Crippen LogP contribution in [0.25, 0.3) is 0 Å². The van der Waals surface area contributed by atoms with Crippen LogP contribution in [0.5, 0.6) is 5.75 Å². The third kappa shape index (κ3) is 7.30. The number of nitrogens with one attached hydrogen (secondary N) is 2. The Kier molecular flexibility index (Phi) is 7.26. The molecular formula is C17H21F3N4OS. The zero-order chi connectivity index (χ0) is 19.0. The predicted molar refractivity (Wildman–Crippen MR) is 96.7 cm³/mol. The van der Waals surface area contributed by atoms with E-state index in [1.54, 1.807) is 36.6 Å². The number of aliphatic imine (C=N–C) groups is 1. The number of ether oxygens (including phenoxy) is 1. The van der Waals surface area contributed by atoms with E-state index in [0.29, 0.717) is 19.0 Å². The van der Waals surface area contributed by atoms with Crippen molar-refractivity contribution in [1.29, 1.82) is 0 Å². The summed E-state index contributed by atoms with van der Waals surface area (Å²) in [6.07, 6.45) is -1.71. The SMILES string of the molecule is CN=C(NCCc1ncc(C)s1)NCc1cccc(OCC(F)(F)F)c1. The zero-order valence-corrected chi connectivity index (χ0v) is 15.4. The molecular weight excluding hydrogens is 365 g/mol. The first-order valence-electron chi connectivity index (χ1n) is 8.00. The number of aromatic nitrogens is 1. The Morgan fingerprint density at radius 1 is 1.31 bits per heavy atom. The minimum Gasteiger partial charge on any atom is -0.484 e. The third-order valence-electron chi connectivity index (χ3n) is 3.28. The first kappa shape index (κ1) is 20.0. The van der Waals surface area contributed by atoms with Gasteiger partial charge in [0.2, 0.25) is 0 Å². The highest BCUT2D eigenvalue weighted by molar-refractivity contribution is 7.11. The smallest absolute Gasteiger partial charge is 0.422 e. The van der Waals surface area contributed by atoms with Gasteiger partial charge in [0, 0.05) is 37.6 Å². The van der Waals surface area contributed by atoms with Gasteiger partial charge in [-0.3, -0.25) is 4.99 Å². The summed E-state index contributed by atoms with van der Waals surface area (Å²) >= 11 is 1.66. The van der Waals surface area contributed by atoms with E-state index in [2.05, 4.69) is 20.6 Å². The molecule has 1 aromatic carbocycles. The maximum atomic E-state index is 12.2. The van der Waals surface area contributed by atoms with Gasteiger partial charge in [-0.1, -0.05) is 12.1 Å². The van der Waals surface area contributed by atoms with E-state index in [1.807, 2.05) is 13.1 Å². The minimum atomic E-state index is -4.35. The van der Waals surface area contributed by atoms with Crippen LogP contribution in [0.1, 0.15) is 15.4 Å². The number of nitrogens with zero attached hydrogens (tertiary/aromatic N) is 2. The largest absolute Gasteiger partial charge is 0.484 e. The first-order chi connectivity index (χ1) is 12.4. The minimum absolute atomic E-state index is 0.184. The lowest BCUT2D eigenvalue weighted by molar-refractivity contribution is -0.153. The highest BCUT2D eigenvalue weighted by atomic mass is 32.1. The Hall–Kier alpha value is -2.29. The fourth-order valence-electron chi connectivity index (χ4n) is 2.12. The summed E-state index contributed by atoms with van der Waals surface area (Å²) < 4.78 is 41.4. The summed E-state index contributed by atoms with van der Waals surface area (Å²) in [7, 11) is 1.66. The third-order valence-corrected chi connectivity index (χ3v) is 4.26. The van der Waals surface area contributed by atoms with Gasteiger partial charge in [0.05, 0.1) is 5.01 Å². The van der Waals surface area contributed by atoms with Crippen LogP contribution in [0.15, 0.2) is 35.5 Å². The van der Waals surface area contributed by atoms with Crippen molar-refractivity contribution >= 4 is 17.3 Å². The molecule has 0 aliphatic heterocycles. The van der Waals surface area contributed by atoms with Crippen LogP contribution in [-0.2, 0) is 13.0 Å². The summed E-state index contributed by atoms with van der Waals surface area (Å²) in [5, 5.41) is 7.36. The van der Waals surface area contributed by atoms with E-state index in [4.69, 9.17) is 4.74 Å². The van der Waals surface area contributed by atoms with E-state index in [0.717, 1.165) is 17.0 Å². The summed E-state index contributed by atoms with van der Waals surface area (Å²) in [6, 6.07) is 6.53. The molecule has 2 N–H and O–H groups in total. The standard InChI is InChI=1S/C17H21F3N4OS/c1-12-9-23-15(26-12)6-7-22-16(21-2)24-10-13-4-3-5-14(8-13)25-11-17(18,19)20/h3-5,8-9H,6-7,10-11H2,1-2H3,(H2,21,22,24). The van der Waals surface area contributed by atoms with Crippen molar-refractivity contribution < 1.29 is 17.9 Å². The number of guanidine groups is 1. The Morgan fingerprint density at radius 2 is 2.12 bits per heavy atom. The average molecular weight is 386 g/mol. The van der Waals surface area contributed by atoms with Gasteiger partial charge in [0.1, 0.15) is 5.75 Å². The Balaban J connectivity index is 1.78. The highest BCUT2D eigenvalue weighted by Crippen LogP contribution is 2.19. The van der Waals surface area contributed by atoms with Crippen molar-refractivity contribution in [3.8, 4) is 5.75 Å². The molecule has 1 heterocycles. The highest BCUT2D eigenvalue weighted by Gasteiger charge is 2.28. The van der Waals surface area contributed by atoms with E-state index >= 15 is 0 Å². The van der Waals surface area contributed by atoms with Crippen LogP contribution in [0, 0.1) is 6.92 Å². The number of thiazole rings is 1. The normalized spacial score (nSPS) is 12.1. The average Bonchev–Trinajstić information content (AvgIpc) is 3.01. The molecule has 0 bridgehead atoms. The molecule has 26 heavy (non-hydrogen) atoms. The van der Waals surface area contributed by atoms with Crippen LogP contribution in [0.3, 0.4) is 0 Å². The number of aryl methyl sites for hydroxylation is 1. The second-order valence-electron chi connectivity index (χ2n) is 5.52. The molecule has 0 amide bonds. The Morgan fingerprint density at radius 3 is 2.77 bits per heavy atom. The molecule has 0 aliphatic rings. The molecule has 0 radical (unpaired) electrons. The molecule has 2 aromatic rings. The quantitative estimate of drug-likeness (QED) is 0.566. The molecule has 0 fully saturated rings. The van der Waals surface area contributed by atoms with Crippen LogP contribution in [0.2, 0.25) is 0 Å². The second kappa shape index (κ2) is 9.42. The van der Waals surface area contributed by atoms with E-state index in [9.17, 15) is 13.2 Å². The van der Waals surface area contributed by atoms with Gasteiger partial charge in [-0.2, -0.15) is 13.2 Å².